The molecule has 1 aromatic heterocycles. The van der Waals surface area contributed by atoms with E-state index in [1.165, 1.54) is 12.1 Å². The Kier molecular flexibility index (Phi) is 14.3. The van der Waals surface area contributed by atoms with Crippen molar-refractivity contribution in [1.82, 2.24) is 19.4 Å². The number of fused-ring (bicyclic) bond motifs is 2. The van der Waals surface area contributed by atoms with Crippen LogP contribution in [0.3, 0.4) is 0 Å². The first-order valence-electron chi connectivity index (χ1n) is 18.5. The second kappa shape index (κ2) is 19.0. The van der Waals surface area contributed by atoms with Gasteiger partial charge in [-0.3, -0.25) is 18.9 Å². The SMILES string of the molecule is CN(C)c1ccc2c(-c3cc(NC(=S)NCC#Cc4cn([C@H]5C[C@H](O)[C@@H](COP(=O)(O)OP(=O)(O)OP(=O)(O)O)O5)c(=O)[nH]c4=O)ccc3C(=O)[O-])c3ccc(=[N+](C)C)cc-3oc2c1. The number of H-pyrrole nitrogens is 1. The van der Waals surface area contributed by atoms with Gasteiger partial charge >= 0.3 is 29.2 Å². The standard InChI is InChI=1S/C37H39N6O17P3S/c1-41(2)22-8-11-25-29(15-22)57-30-16-23(42(3)4)9-12-26(30)33(25)27-14-21(7-10-24(27)35(46)47)39-36(64)38-13-5-6-20-18-43(37(48)40-34(20)45)32-17-28(44)31(58-32)19-56-62(52,53)60-63(54,55)59-61(49,50)51/h7-12,14-16,18,28,31-32,44H,13,17,19H2,1-4H3,(H7-,38,39,40,45,46,47,48,49,50,51,52,53,54,55,64)/t28-,31+,32+/m0/s1. The molecule has 2 unspecified atom stereocenters. The maximum absolute atomic E-state index is 12.7. The van der Waals surface area contributed by atoms with Gasteiger partial charge in [0.1, 0.15) is 43.3 Å². The number of anilines is 2. The molecule has 0 radical (unpaired) electrons. The minimum absolute atomic E-state index is 0.0694. The number of ether oxygens (including phenoxy) is 1. The van der Waals surface area contributed by atoms with Crippen LogP contribution < -0.4 is 41.8 Å². The molecule has 3 heterocycles. The number of aliphatic hydroxyl groups is 1. The zero-order valence-corrected chi connectivity index (χ0v) is 37.4. The van der Waals surface area contributed by atoms with Crippen molar-refractivity contribution < 1.29 is 70.6 Å². The van der Waals surface area contributed by atoms with E-state index in [4.69, 9.17) is 31.2 Å². The Labute approximate surface area is 366 Å². The number of aromatic amines is 1. The van der Waals surface area contributed by atoms with Crippen LogP contribution >= 0.6 is 35.7 Å². The van der Waals surface area contributed by atoms with Crippen molar-refractivity contribution in [1.29, 1.82) is 0 Å². The third kappa shape index (κ3) is 11.7. The molecule has 340 valence electrons. The molecule has 5 atom stereocenters. The Balaban J connectivity index is 1.17. The monoisotopic (exact) mass is 964 g/mol. The topological polar surface area (TPSA) is 328 Å². The predicted octanol–water partition coefficient (Wildman–Crippen LogP) is 0.846. The van der Waals surface area contributed by atoms with Gasteiger partial charge in [0.05, 0.1) is 31.3 Å². The Morgan fingerprint density at radius 3 is 2.44 bits per heavy atom. The number of carbonyl (C=O) groups is 1. The number of phosphoric ester groups is 1. The number of rotatable bonds is 13. The van der Waals surface area contributed by atoms with Crippen molar-refractivity contribution in [3.63, 3.8) is 0 Å². The Morgan fingerprint density at radius 2 is 1.77 bits per heavy atom. The number of hydrogen-bond donors (Lipinski definition) is 8. The molecule has 3 aliphatic rings. The van der Waals surface area contributed by atoms with E-state index >= 15 is 0 Å². The van der Waals surface area contributed by atoms with E-state index in [1.54, 1.807) is 6.07 Å². The molecule has 2 aliphatic heterocycles. The van der Waals surface area contributed by atoms with Crippen molar-refractivity contribution >= 4 is 69.1 Å². The largest absolute Gasteiger partial charge is 0.545 e. The number of nitrogens with one attached hydrogen (secondary N) is 3. The molecule has 0 spiro atoms. The Morgan fingerprint density at radius 1 is 1.03 bits per heavy atom. The lowest BCUT2D eigenvalue weighted by atomic mass is 9.90. The van der Waals surface area contributed by atoms with Crippen molar-refractivity contribution in [2.75, 3.05) is 51.6 Å². The number of aromatic nitrogens is 2. The average Bonchev–Trinajstić information content (AvgIpc) is 3.55. The second-order valence-corrected chi connectivity index (χ2v) is 19.1. The van der Waals surface area contributed by atoms with Gasteiger partial charge in [-0.2, -0.15) is 8.62 Å². The number of nitrogens with zero attached hydrogens (tertiary/aromatic N) is 3. The summed E-state index contributed by atoms with van der Waals surface area (Å²) in [6.45, 7) is -1.12. The normalized spacial score (nSPS) is 18.1. The number of hydrogen-bond acceptors (Lipinski definition) is 15. The summed E-state index contributed by atoms with van der Waals surface area (Å²) < 4.78 is 61.1. The van der Waals surface area contributed by atoms with E-state index in [1.807, 2.05) is 74.1 Å². The number of carbonyl (C=O) groups excluding carboxylic acids is 1. The molecular weight excluding hydrogens is 925 g/mol. The number of carboxylic acids is 1. The van der Waals surface area contributed by atoms with E-state index in [0.29, 0.717) is 39.1 Å². The number of aliphatic hydroxyl groups excluding tert-OH is 1. The lowest BCUT2D eigenvalue weighted by Crippen LogP contribution is -2.34. The van der Waals surface area contributed by atoms with Crippen molar-refractivity contribution in [2.45, 2.75) is 24.9 Å². The fourth-order valence-electron chi connectivity index (χ4n) is 6.46. The number of carboxylic acid groups (broad SMARTS) is 1. The summed E-state index contributed by atoms with van der Waals surface area (Å²) in [5.41, 5.74) is 1.19. The van der Waals surface area contributed by atoms with E-state index in [2.05, 4.69) is 40.6 Å². The highest BCUT2D eigenvalue weighted by Gasteiger charge is 2.43. The van der Waals surface area contributed by atoms with Gasteiger partial charge in [0, 0.05) is 72.3 Å². The molecule has 1 aliphatic carbocycles. The lowest BCUT2D eigenvalue weighted by Gasteiger charge is -2.21. The number of aromatic carboxylic acids is 1. The molecule has 27 heteroatoms. The maximum Gasteiger partial charge on any atom is 0.490 e. The summed E-state index contributed by atoms with van der Waals surface area (Å²) in [5.74, 6) is 4.41. The summed E-state index contributed by atoms with van der Waals surface area (Å²) in [6.07, 6.45) is -3.49. The first-order valence-corrected chi connectivity index (χ1v) is 23.4. The summed E-state index contributed by atoms with van der Waals surface area (Å²) in [6, 6.07) is 15.8. The first-order chi connectivity index (χ1) is 29.9. The molecule has 6 rings (SSSR count). The number of benzene rings is 3. The van der Waals surface area contributed by atoms with Crippen molar-refractivity contribution in [3.05, 3.63) is 98.1 Å². The Bertz CT molecular complexity index is 3040. The Hall–Kier alpha value is -5.34. The van der Waals surface area contributed by atoms with Crippen LogP contribution in [0.1, 0.15) is 28.6 Å². The lowest BCUT2D eigenvalue weighted by molar-refractivity contribution is -0.254. The average molecular weight is 965 g/mol. The zero-order chi connectivity index (χ0) is 46.9. The minimum atomic E-state index is -5.80. The van der Waals surface area contributed by atoms with Gasteiger partial charge in [0.2, 0.25) is 5.36 Å². The fraction of sp³-hybridized carbons (Fsp3) is 0.270. The quantitative estimate of drug-likeness (QED) is 0.0267. The third-order valence-electron chi connectivity index (χ3n) is 9.35. The van der Waals surface area contributed by atoms with Crippen LogP contribution in [0.15, 0.2) is 74.8 Å². The minimum Gasteiger partial charge on any atom is -0.545 e. The maximum atomic E-state index is 12.7. The molecule has 1 fully saturated rings. The van der Waals surface area contributed by atoms with Gasteiger partial charge in [-0.15, -0.1) is 0 Å². The van der Waals surface area contributed by atoms with Crippen LogP contribution in [0.5, 0.6) is 0 Å². The number of thiocarbonyl (C=S) groups is 1. The second-order valence-electron chi connectivity index (χ2n) is 14.3. The molecule has 23 nitrogen and oxygen atoms in total. The highest BCUT2D eigenvalue weighted by molar-refractivity contribution is 7.80. The molecule has 3 aromatic rings. The number of phosphoric acid groups is 3. The highest BCUT2D eigenvalue weighted by atomic mass is 32.1. The molecule has 2 aromatic carbocycles. The highest BCUT2D eigenvalue weighted by Crippen LogP contribution is 2.66. The molecule has 0 bridgehead atoms. The van der Waals surface area contributed by atoms with Gasteiger partial charge < -0.3 is 59.3 Å². The van der Waals surface area contributed by atoms with Gasteiger partial charge in [-0.05, 0) is 48.1 Å². The summed E-state index contributed by atoms with van der Waals surface area (Å²) in [5, 5.41) is 30.4. The summed E-state index contributed by atoms with van der Waals surface area (Å²) >= 11 is 5.48. The predicted molar refractivity (Wildman–Crippen MR) is 231 cm³/mol. The molecular formula is C37H39N6O17P3S. The first kappa shape index (κ1) is 48.1. The zero-order valence-electron chi connectivity index (χ0n) is 33.9. The van der Waals surface area contributed by atoms with E-state index in [-0.39, 0.29) is 29.2 Å². The van der Waals surface area contributed by atoms with Crippen LogP contribution in [0.4, 0.5) is 11.4 Å². The van der Waals surface area contributed by atoms with Gasteiger partial charge in [0.15, 0.2) is 5.11 Å². The van der Waals surface area contributed by atoms with E-state index in [0.717, 1.165) is 21.8 Å². The van der Waals surface area contributed by atoms with Crippen LogP contribution in [-0.4, -0.2) is 98.9 Å². The van der Waals surface area contributed by atoms with Crippen LogP contribution in [-0.2, 0) is 31.6 Å². The third-order valence-corrected chi connectivity index (χ3v) is 13.4. The van der Waals surface area contributed by atoms with E-state index in [9.17, 15) is 48.1 Å². The van der Waals surface area contributed by atoms with Crippen LogP contribution in [0, 0.1) is 11.8 Å². The smallest absolute Gasteiger partial charge is 0.490 e. The molecule has 8 N–H and O–H groups in total. The van der Waals surface area contributed by atoms with Crippen LogP contribution in [0.2, 0.25) is 0 Å². The van der Waals surface area contributed by atoms with Crippen molar-refractivity contribution in [3.8, 4) is 34.3 Å². The van der Waals surface area contributed by atoms with Gasteiger partial charge in [-0.1, -0.05) is 17.9 Å². The fourth-order valence-corrected chi connectivity index (χ4v) is 9.68. The molecule has 64 heavy (non-hydrogen) atoms. The molecule has 1 saturated heterocycles. The van der Waals surface area contributed by atoms with Gasteiger partial charge in [0.25, 0.3) is 5.56 Å². The molecule has 0 amide bonds. The van der Waals surface area contributed by atoms with Crippen LogP contribution in [0.25, 0.3) is 33.4 Å². The molecule has 0 saturated carbocycles. The summed E-state index contributed by atoms with van der Waals surface area (Å²) in [4.78, 5) is 78.2. The van der Waals surface area contributed by atoms with Crippen molar-refractivity contribution in [2.24, 2.45) is 0 Å². The van der Waals surface area contributed by atoms with E-state index < -0.39 is 65.7 Å². The van der Waals surface area contributed by atoms with Gasteiger partial charge in [-0.25, -0.2) is 23.1 Å². The summed E-state index contributed by atoms with van der Waals surface area (Å²) in [7, 11) is -9.41.